The van der Waals surface area contributed by atoms with Gasteiger partial charge in [-0.15, -0.1) is 0 Å². The molecule has 0 unspecified atom stereocenters. The smallest absolute Gasteiger partial charge is 0.338 e. The van der Waals surface area contributed by atoms with E-state index in [2.05, 4.69) is 9.46 Å². The number of nitrogens with one attached hydrogen (secondary N) is 1. The number of hydrogen-bond donors (Lipinski definition) is 1. The average Bonchev–Trinajstić information content (AvgIpc) is 2.60. The van der Waals surface area contributed by atoms with Crippen LogP contribution in [0.2, 0.25) is 0 Å². The Morgan fingerprint density at radius 1 is 1.24 bits per heavy atom. The van der Waals surface area contributed by atoms with E-state index in [9.17, 15) is 23.3 Å². The van der Waals surface area contributed by atoms with Gasteiger partial charge in [-0.3, -0.25) is 14.8 Å². The standard InChI is InChI=1S/C16H16N2O6S/c1-3-11-5-4-6-13(9-11)17-25(22,23)15-8-7-12(16(19)24-2)10-14(15)18(20)21/h4-10,17H,3H2,1-2H3. The number of methoxy groups -OCH3 is 1. The topological polar surface area (TPSA) is 116 Å². The summed E-state index contributed by atoms with van der Waals surface area (Å²) in [5, 5.41) is 11.2. The van der Waals surface area contributed by atoms with Crippen molar-refractivity contribution in [1.29, 1.82) is 0 Å². The lowest BCUT2D eigenvalue weighted by Gasteiger charge is -2.10. The van der Waals surface area contributed by atoms with Crippen LogP contribution in [-0.2, 0) is 21.2 Å². The van der Waals surface area contributed by atoms with E-state index < -0.39 is 31.5 Å². The molecule has 0 saturated heterocycles. The molecule has 0 aliphatic rings. The maximum absolute atomic E-state index is 12.5. The summed E-state index contributed by atoms with van der Waals surface area (Å²) in [4.78, 5) is 21.4. The van der Waals surface area contributed by atoms with E-state index in [-0.39, 0.29) is 5.56 Å². The summed E-state index contributed by atoms with van der Waals surface area (Å²) in [5.41, 5.74) is 0.393. The van der Waals surface area contributed by atoms with Crippen LogP contribution in [0.5, 0.6) is 0 Å². The predicted molar refractivity (Wildman–Crippen MR) is 91.1 cm³/mol. The third-order valence-electron chi connectivity index (χ3n) is 3.45. The Morgan fingerprint density at radius 3 is 2.56 bits per heavy atom. The molecule has 0 amide bonds. The second kappa shape index (κ2) is 7.31. The van der Waals surface area contributed by atoms with Gasteiger partial charge in [-0.2, -0.15) is 0 Å². The van der Waals surface area contributed by atoms with Crippen molar-refractivity contribution in [2.45, 2.75) is 18.2 Å². The Labute approximate surface area is 144 Å². The van der Waals surface area contributed by atoms with Crippen LogP contribution in [0.25, 0.3) is 0 Å². The highest BCUT2D eigenvalue weighted by Crippen LogP contribution is 2.27. The molecular formula is C16H16N2O6S. The fourth-order valence-corrected chi connectivity index (χ4v) is 3.40. The lowest BCUT2D eigenvalue weighted by molar-refractivity contribution is -0.387. The van der Waals surface area contributed by atoms with Gasteiger partial charge in [0.05, 0.1) is 17.6 Å². The fraction of sp³-hybridized carbons (Fsp3) is 0.188. The molecule has 0 aliphatic carbocycles. The monoisotopic (exact) mass is 364 g/mol. The molecular weight excluding hydrogens is 348 g/mol. The van der Waals surface area contributed by atoms with E-state index >= 15 is 0 Å². The molecule has 0 heterocycles. The van der Waals surface area contributed by atoms with Gasteiger partial charge in [-0.05, 0) is 36.2 Å². The molecule has 1 N–H and O–H groups in total. The summed E-state index contributed by atoms with van der Waals surface area (Å²) in [6.07, 6.45) is 0.712. The van der Waals surface area contributed by atoms with Crippen LogP contribution in [0.4, 0.5) is 11.4 Å². The number of sulfonamides is 1. The third kappa shape index (κ3) is 4.13. The highest BCUT2D eigenvalue weighted by atomic mass is 32.2. The molecule has 0 bridgehead atoms. The Bertz CT molecular complexity index is 924. The molecule has 0 atom stereocenters. The van der Waals surface area contributed by atoms with Gasteiger partial charge >= 0.3 is 5.97 Å². The van der Waals surface area contributed by atoms with E-state index in [1.165, 1.54) is 0 Å². The number of benzene rings is 2. The number of nitrogens with zero attached hydrogens (tertiary/aromatic N) is 1. The van der Waals surface area contributed by atoms with Crippen LogP contribution in [0, 0.1) is 10.1 Å². The van der Waals surface area contributed by atoms with E-state index in [0.29, 0.717) is 12.1 Å². The van der Waals surface area contributed by atoms with Crippen molar-refractivity contribution in [2.75, 3.05) is 11.8 Å². The fourth-order valence-electron chi connectivity index (χ4n) is 2.20. The summed E-state index contributed by atoms with van der Waals surface area (Å²) in [6, 6.07) is 9.77. The maximum atomic E-state index is 12.5. The van der Waals surface area contributed by atoms with E-state index in [1.54, 1.807) is 18.2 Å². The van der Waals surface area contributed by atoms with E-state index in [4.69, 9.17) is 0 Å². The minimum atomic E-state index is -4.21. The van der Waals surface area contributed by atoms with Gasteiger partial charge in [-0.25, -0.2) is 13.2 Å². The zero-order valence-electron chi connectivity index (χ0n) is 13.6. The van der Waals surface area contributed by atoms with Crippen LogP contribution in [0.15, 0.2) is 47.4 Å². The molecule has 25 heavy (non-hydrogen) atoms. The first kappa shape index (κ1) is 18.4. The van der Waals surface area contributed by atoms with Gasteiger partial charge in [0.2, 0.25) is 0 Å². The SMILES string of the molecule is CCc1cccc(NS(=O)(=O)c2ccc(C(=O)OC)cc2[N+](=O)[O-])c1. The number of carbonyl (C=O) groups is 1. The number of nitro groups is 1. The van der Waals surface area contributed by atoms with Crippen molar-refractivity contribution in [3.8, 4) is 0 Å². The first-order chi connectivity index (χ1) is 11.8. The Balaban J connectivity index is 2.47. The number of rotatable bonds is 6. The minimum Gasteiger partial charge on any atom is -0.465 e. The molecule has 0 spiro atoms. The van der Waals surface area contributed by atoms with Gasteiger partial charge in [0.15, 0.2) is 4.90 Å². The highest BCUT2D eigenvalue weighted by molar-refractivity contribution is 7.92. The number of nitro benzene ring substituents is 1. The molecule has 0 aromatic heterocycles. The third-order valence-corrected chi connectivity index (χ3v) is 4.88. The lowest BCUT2D eigenvalue weighted by Crippen LogP contribution is -2.15. The van der Waals surface area contributed by atoms with Gasteiger partial charge in [-0.1, -0.05) is 19.1 Å². The molecule has 132 valence electrons. The Kier molecular flexibility index (Phi) is 5.38. The van der Waals surface area contributed by atoms with E-state index in [1.807, 2.05) is 13.0 Å². The zero-order chi connectivity index (χ0) is 18.6. The second-order valence-electron chi connectivity index (χ2n) is 5.09. The predicted octanol–water partition coefficient (Wildman–Crippen LogP) is 2.74. The average molecular weight is 364 g/mol. The summed E-state index contributed by atoms with van der Waals surface area (Å²) in [5.74, 6) is -0.796. The Hall–Kier alpha value is -2.94. The zero-order valence-corrected chi connectivity index (χ0v) is 14.4. The number of aryl methyl sites for hydroxylation is 1. The molecule has 2 aromatic carbocycles. The molecule has 9 heteroatoms. The van der Waals surface area contributed by atoms with Crippen molar-refractivity contribution >= 4 is 27.4 Å². The number of hydrogen-bond acceptors (Lipinski definition) is 6. The number of ether oxygens (including phenoxy) is 1. The summed E-state index contributed by atoms with van der Waals surface area (Å²) < 4.78 is 31.9. The summed E-state index contributed by atoms with van der Waals surface area (Å²) in [7, 11) is -3.08. The van der Waals surface area contributed by atoms with Crippen molar-refractivity contribution in [1.82, 2.24) is 0 Å². The first-order valence-electron chi connectivity index (χ1n) is 7.27. The lowest BCUT2D eigenvalue weighted by atomic mass is 10.1. The minimum absolute atomic E-state index is 0.110. The van der Waals surface area contributed by atoms with Crippen LogP contribution in [0.3, 0.4) is 0 Å². The van der Waals surface area contributed by atoms with Crippen molar-refractivity contribution in [2.24, 2.45) is 0 Å². The number of esters is 1. The van der Waals surface area contributed by atoms with Crippen LogP contribution in [0.1, 0.15) is 22.8 Å². The van der Waals surface area contributed by atoms with Crippen molar-refractivity contribution < 1.29 is 22.9 Å². The molecule has 2 rings (SSSR count). The Morgan fingerprint density at radius 2 is 1.96 bits per heavy atom. The largest absolute Gasteiger partial charge is 0.465 e. The van der Waals surface area contributed by atoms with Crippen LogP contribution >= 0.6 is 0 Å². The number of carbonyl (C=O) groups excluding carboxylic acids is 1. The molecule has 0 radical (unpaired) electrons. The number of anilines is 1. The quantitative estimate of drug-likeness (QED) is 0.479. The summed E-state index contributed by atoms with van der Waals surface area (Å²) in [6.45, 7) is 1.92. The normalized spacial score (nSPS) is 11.0. The molecule has 8 nitrogen and oxygen atoms in total. The van der Waals surface area contributed by atoms with Crippen molar-refractivity contribution in [3.05, 3.63) is 63.7 Å². The molecule has 0 fully saturated rings. The van der Waals surface area contributed by atoms with Gasteiger partial charge in [0.1, 0.15) is 0 Å². The molecule has 2 aromatic rings. The molecule has 0 aliphatic heterocycles. The van der Waals surface area contributed by atoms with Gasteiger partial charge in [0.25, 0.3) is 15.7 Å². The van der Waals surface area contributed by atoms with Crippen LogP contribution in [-0.4, -0.2) is 26.4 Å². The maximum Gasteiger partial charge on any atom is 0.338 e. The summed E-state index contributed by atoms with van der Waals surface area (Å²) >= 11 is 0. The van der Waals surface area contributed by atoms with Gasteiger partial charge < -0.3 is 4.74 Å². The molecule has 0 saturated carbocycles. The first-order valence-corrected chi connectivity index (χ1v) is 8.75. The van der Waals surface area contributed by atoms with E-state index in [0.717, 1.165) is 30.9 Å². The highest BCUT2D eigenvalue weighted by Gasteiger charge is 2.27. The van der Waals surface area contributed by atoms with Crippen molar-refractivity contribution in [3.63, 3.8) is 0 Å². The van der Waals surface area contributed by atoms with Crippen LogP contribution < -0.4 is 4.72 Å². The second-order valence-corrected chi connectivity index (χ2v) is 6.74. The van der Waals surface area contributed by atoms with Gasteiger partial charge in [0, 0.05) is 11.8 Å².